The van der Waals surface area contributed by atoms with Gasteiger partial charge < -0.3 is 111 Å². The van der Waals surface area contributed by atoms with E-state index in [4.69, 9.17) is 10.8 Å². The predicted octanol–water partition coefficient (Wildman–Crippen LogP) is -8.47. The van der Waals surface area contributed by atoms with Gasteiger partial charge in [0, 0.05) is 6.42 Å². The van der Waals surface area contributed by atoms with E-state index in [1.807, 2.05) is 0 Å². The quantitative estimate of drug-likeness (QED) is 0.0252. The summed E-state index contributed by atoms with van der Waals surface area (Å²) in [6, 6.07) is -17.2. The molecule has 0 spiro atoms. The van der Waals surface area contributed by atoms with Crippen LogP contribution >= 0.6 is 0 Å². The van der Waals surface area contributed by atoms with Crippen LogP contribution in [0.2, 0.25) is 0 Å². The predicted molar refractivity (Wildman–Crippen MR) is 324 cm³/mol. The lowest BCUT2D eigenvalue weighted by atomic mass is 9.97. The summed E-state index contributed by atoms with van der Waals surface area (Å²) >= 11 is 0. The maximum Gasteiger partial charge on any atom is 0.326 e. The Kier molecular flexibility index (Phi) is 36.8. The van der Waals surface area contributed by atoms with Gasteiger partial charge in [0.2, 0.25) is 76.8 Å². The molecule has 1 aliphatic heterocycles. The molecule has 1 saturated heterocycles. The van der Waals surface area contributed by atoms with Gasteiger partial charge in [0.05, 0.1) is 44.6 Å². The molecule has 0 aromatic carbocycles. The number of carboxylic acids is 2. The summed E-state index contributed by atoms with van der Waals surface area (Å²) in [6.07, 6.45) is -1.65. The van der Waals surface area contributed by atoms with Crippen LogP contribution in [0.15, 0.2) is 0 Å². The average molecular weight is 1320 g/mol. The van der Waals surface area contributed by atoms with Crippen molar-refractivity contribution in [3.63, 3.8) is 0 Å². The number of nitrogens with one attached hydrogen (secondary N) is 14. The van der Waals surface area contributed by atoms with E-state index in [-0.39, 0.29) is 13.0 Å². The molecule has 522 valence electrons. The first-order valence-electron chi connectivity index (χ1n) is 30.4. The first-order valence-corrected chi connectivity index (χ1v) is 30.4. The lowest BCUT2D eigenvalue weighted by Gasteiger charge is -2.30. The summed E-state index contributed by atoms with van der Waals surface area (Å²) < 4.78 is 0. The van der Waals surface area contributed by atoms with E-state index in [1.54, 1.807) is 13.8 Å². The van der Waals surface area contributed by atoms with Crippen molar-refractivity contribution >= 4 is 88.7 Å². The molecule has 22 N–H and O–H groups in total. The van der Waals surface area contributed by atoms with E-state index in [0.29, 0.717) is 32.2 Å². The van der Waals surface area contributed by atoms with Crippen LogP contribution in [0.4, 0.5) is 0 Å². The third-order valence-electron chi connectivity index (χ3n) is 14.6. The summed E-state index contributed by atoms with van der Waals surface area (Å²) in [5.41, 5.74) is 5.64. The van der Waals surface area contributed by atoms with E-state index in [0.717, 1.165) is 20.3 Å². The van der Waals surface area contributed by atoms with Crippen LogP contribution in [-0.2, 0) is 71.9 Å². The van der Waals surface area contributed by atoms with Crippen LogP contribution in [-0.4, -0.2) is 243 Å². The Morgan fingerprint density at radius 1 is 0.467 bits per heavy atom. The minimum Gasteiger partial charge on any atom is -0.481 e. The zero-order valence-electron chi connectivity index (χ0n) is 53.6. The maximum atomic E-state index is 13.8. The number of unbranched alkanes of at least 4 members (excludes halogenated alkanes) is 1. The van der Waals surface area contributed by atoms with Gasteiger partial charge in [-0.3, -0.25) is 67.1 Å². The van der Waals surface area contributed by atoms with Crippen molar-refractivity contribution in [2.24, 2.45) is 23.5 Å². The van der Waals surface area contributed by atoms with Crippen molar-refractivity contribution in [2.75, 3.05) is 39.4 Å². The number of hydrogen-bond acceptors (Lipinski definition) is 21. The molecule has 13 amide bonds. The minimum atomic E-state index is -1.82. The van der Waals surface area contributed by atoms with Crippen LogP contribution < -0.4 is 80.2 Å². The zero-order valence-corrected chi connectivity index (χ0v) is 53.6. The van der Waals surface area contributed by atoms with E-state index < -0.39 is 230 Å². The second-order valence-electron chi connectivity index (χ2n) is 23.1. The molecule has 0 bridgehead atoms. The van der Waals surface area contributed by atoms with Crippen molar-refractivity contribution in [2.45, 2.75) is 205 Å². The van der Waals surface area contributed by atoms with Crippen LogP contribution in [0, 0.1) is 17.8 Å². The molecule has 0 saturated carbocycles. The maximum absolute atomic E-state index is 13.8. The SMILES string of the molecule is CC[C@H](C)[C@H](NC(=O)[C@@H](NC(=O)[C@@H]1CCCN1)[C@@H](C)O)C(=O)N[C@@H](C)C(=O)NCC(=O)N[C@@H](CCCCN)C(=O)NCC(=O)N[C@H](C(=O)N[C@H](C(=O)N[C@H](C(=O)N[C@@H](CO)C(=O)N[C@@H](CO)C(=O)N[C@@H](C)C(=O)N[C@@H](CCC(=O)O)C(=O)O)C(C)C)C(C)C)[C@@H](C)O. The third kappa shape index (κ3) is 28.5. The molecule has 15 atom stereocenters. The molecule has 36 heteroatoms. The summed E-state index contributed by atoms with van der Waals surface area (Å²) in [7, 11) is 0. The number of carbonyl (C=O) groups excluding carboxylic acids is 13. The van der Waals surface area contributed by atoms with Gasteiger partial charge in [0.25, 0.3) is 0 Å². The highest BCUT2D eigenvalue weighted by Crippen LogP contribution is 2.13. The number of aliphatic hydroxyl groups excluding tert-OH is 4. The largest absolute Gasteiger partial charge is 0.481 e. The Bertz CT molecular complexity index is 2550. The van der Waals surface area contributed by atoms with Crippen LogP contribution in [0.5, 0.6) is 0 Å². The molecule has 0 aromatic heterocycles. The van der Waals surface area contributed by atoms with E-state index in [1.165, 1.54) is 41.5 Å². The van der Waals surface area contributed by atoms with E-state index in [9.17, 15) is 97.5 Å². The molecule has 0 aliphatic carbocycles. The fourth-order valence-electron chi connectivity index (χ4n) is 8.81. The van der Waals surface area contributed by atoms with Crippen molar-refractivity contribution in [1.82, 2.24) is 74.4 Å². The van der Waals surface area contributed by atoms with Gasteiger partial charge in [-0.2, -0.15) is 0 Å². The number of carboxylic acid groups (broad SMARTS) is 2. The third-order valence-corrected chi connectivity index (χ3v) is 14.6. The van der Waals surface area contributed by atoms with Gasteiger partial charge in [-0.1, -0.05) is 48.0 Å². The summed E-state index contributed by atoms with van der Waals surface area (Å²) in [5.74, 6) is -17.2. The number of amides is 13. The standard InChI is InChI=1S/C56H97N15O21/c1-11-27(6)42(70-55(90)44(31(10)75)71-48(83)32-16-14-20-58-32)53(88)62-28(7)45(80)59-21-37(76)63-33(15-12-13-19-57)47(82)60-22-38(77)67-43(30(9)74)54(89)69-41(26(4)5)52(87)68-40(25(2)3)51(86)66-36(24-73)50(85)65-35(23-72)49(84)61-29(8)46(81)64-34(56(91)92)17-18-39(78)79/h25-36,40-44,58,72-75H,11-24,57H2,1-10H3,(H,59,80)(H,60,82)(H,61,84)(H,62,88)(H,63,76)(H,64,81)(H,65,85)(H,66,86)(H,67,77)(H,68,87)(H,69,89)(H,70,90)(H,71,83)(H,78,79)(H,91,92)/t27-,28-,29-,30+,31+,32-,33-,34-,35-,36-,40-,41-,42-,43-,44-/m0/s1. The number of aliphatic hydroxyl groups is 4. The topological polar surface area (TPSA) is 572 Å². The molecule has 92 heavy (non-hydrogen) atoms. The molecule has 0 unspecified atom stereocenters. The second kappa shape index (κ2) is 41.3. The molecular formula is C56H97N15O21. The number of aliphatic carboxylic acids is 2. The van der Waals surface area contributed by atoms with Crippen LogP contribution in [0.25, 0.3) is 0 Å². The first-order chi connectivity index (χ1) is 43.0. The molecule has 1 rings (SSSR count). The number of rotatable bonds is 42. The van der Waals surface area contributed by atoms with Crippen molar-refractivity contribution in [3.05, 3.63) is 0 Å². The highest BCUT2D eigenvalue weighted by molar-refractivity contribution is 5.99. The smallest absolute Gasteiger partial charge is 0.326 e. The van der Waals surface area contributed by atoms with Crippen molar-refractivity contribution in [3.8, 4) is 0 Å². The van der Waals surface area contributed by atoms with Gasteiger partial charge in [0.1, 0.15) is 66.5 Å². The average Bonchev–Trinajstić information content (AvgIpc) is 1.09. The Hall–Kier alpha value is -8.19. The molecule has 36 nitrogen and oxygen atoms in total. The van der Waals surface area contributed by atoms with E-state index in [2.05, 4.69) is 74.4 Å². The van der Waals surface area contributed by atoms with Crippen LogP contribution in [0.1, 0.15) is 121 Å². The van der Waals surface area contributed by atoms with Gasteiger partial charge in [0.15, 0.2) is 0 Å². The fraction of sp³-hybridized carbons (Fsp3) is 0.732. The second-order valence-corrected chi connectivity index (χ2v) is 23.1. The summed E-state index contributed by atoms with van der Waals surface area (Å²) in [6.45, 7) is 11.4. The van der Waals surface area contributed by atoms with E-state index >= 15 is 0 Å². The van der Waals surface area contributed by atoms with Gasteiger partial charge in [-0.05, 0) is 97.1 Å². The lowest BCUT2D eigenvalue weighted by Crippen LogP contribution is -2.62. The number of hydrogen-bond donors (Lipinski definition) is 21. The number of carbonyl (C=O) groups is 15. The van der Waals surface area contributed by atoms with Gasteiger partial charge >= 0.3 is 11.9 Å². The Labute approximate surface area is 532 Å². The molecule has 1 aliphatic rings. The molecule has 1 heterocycles. The molecule has 1 fully saturated rings. The Balaban J connectivity index is 3.01. The fourth-order valence-corrected chi connectivity index (χ4v) is 8.81. The van der Waals surface area contributed by atoms with Crippen molar-refractivity contribution in [1.29, 1.82) is 0 Å². The Morgan fingerprint density at radius 3 is 1.37 bits per heavy atom. The minimum absolute atomic E-state index is 0.00216. The van der Waals surface area contributed by atoms with Gasteiger partial charge in [-0.15, -0.1) is 0 Å². The molecule has 0 aromatic rings. The normalized spacial score (nSPS) is 17.4. The summed E-state index contributed by atoms with van der Waals surface area (Å²) in [4.78, 5) is 195. The Morgan fingerprint density at radius 2 is 0.902 bits per heavy atom. The van der Waals surface area contributed by atoms with Gasteiger partial charge in [-0.25, -0.2) is 4.79 Å². The summed E-state index contributed by atoms with van der Waals surface area (Å²) in [5, 5.41) is 92.6. The lowest BCUT2D eigenvalue weighted by molar-refractivity contribution is -0.143. The van der Waals surface area contributed by atoms with Crippen LogP contribution in [0.3, 0.4) is 0 Å². The number of nitrogens with two attached hydrogens (primary N) is 1. The van der Waals surface area contributed by atoms with Crippen molar-refractivity contribution < 1.29 is 103 Å². The molecule has 0 radical (unpaired) electrons. The first kappa shape index (κ1) is 81.8. The zero-order chi connectivity index (χ0) is 70.3. The monoisotopic (exact) mass is 1320 g/mol. The highest BCUT2D eigenvalue weighted by atomic mass is 16.4. The highest BCUT2D eigenvalue weighted by Gasteiger charge is 2.38. The molecular weight excluding hydrogens is 1220 g/mol.